The van der Waals surface area contributed by atoms with Crippen LogP contribution >= 0.6 is 27.3 Å². The summed E-state index contributed by atoms with van der Waals surface area (Å²) >= 11 is 4.96. The van der Waals surface area contributed by atoms with Crippen LogP contribution < -0.4 is 4.80 Å². The first-order valence-electron chi connectivity index (χ1n) is 8.14. The average molecular weight is 423 g/mol. The van der Waals surface area contributed by atoms with Crippen molar-refractivity contribution >= 4 is 54.2 Å². The Hall–Kier alpha value is -2.50. The van der Waals surface area contributed by atoms with E-state index in [4.69, 9.17) is 0 Å². The summed E-state index contributed by atoms with van der Waals surface area (Å²) in [5.74, 6) is -0.258. The minimum atomic E-state index is -0.258. The number of hydrogen-bond donors (Lipinski definition) is 0. The van der Waals surface area contributed by atoms with E-state index in [0.717, 1.165) is 14.7 Å². The van der Waals surface area contributed by atoms with Crippen LogP contribution in [0.5, 0.6) is 0 Å². The maximum Gasteiger partial charge on any atom is 0.280 e. The largest absolute Gasteiger partial charge is 0.312 e. The van der Waals surface area contributed by atoms with Crippen LogP contribution in [0.25, 0.3) is 21.0 Å². The van der Waals surface area contributed by atoms with E-state index in [1.54, 1.807) is 6.07 Å². The van der Waals surface area contributed by atoms with Gasteiger partial charge in [0.15, 0.2) is 4.80 Å². The molecule has 3 aromatic carbocycles. The number of nitrogens with zero attached hydrogens (tertiary/aromatic N) is 2. The summed E-state index contributed by atoms with van der Waals surface area (Å²) in [5.41, 5.74) is 1.62. The second-order valence-electron chi connectivity index (χ2n) is 5.82. The number of halogens is 1. The number of carbonyl (C=O) groups excluding carboxylic acids is 1. The summed E-state index contributed by atoms with van der Waals surface area (Å²) in [6, 6.07) is 19.8. The van der Waals surface area contributed by atoms with Crippen molar-refractivity contribution in [2.75, 3.05) is 0 Å². The molecule has 1 heterocycles. The Morgan fingerprint density at radius 1 is 1.12 bits per heavy atom. The van der Waals surface area contributed by atoms with E-state index in [0.29, 0.717) is 16.9 Å². The number of fused-ring (bicyclic) bond motifs is 3. The van der Waals surface area contributed by atoms with Crippen LogP contribution in [-0.2, 0) is 6.54 Å². The lowest BCUT2D eigenvalue weighted by molar-refractivity contribution is 0.0997. The summed E-state index contributed by atoms with van der Waals surface area (Å²) in [5, 5.41) is 2.35. The molecule has 4 rings (SSSR count). The first-order valence-corrected chi connectivity index (χ1v) is 9.75. The first-order chi connectivity index (χ1) is 12.7. The number of aromatic nitrogens is 1. The lowest BCUT2D eigenvalue weighted by Gasteiger charge is -2.03. The van der Waals surface area contributed by atoms with Gasteiger partial charge < -0.3 is 4.57 Å². The Bertz CT molecular complexity index is 1220. The summed E-state index contributed by atoms with van der Waals surface area (Å²) in [6.45, 7) is 4.44. The topological polar surface area (TPSA) is 34.4 Å². The highest BCUT2D eigenvalue weighted by Gasteiger charge is 2.12. The average Bonchev–Trinajstić information content (AvgIpc) is 3.00. The molecule has 3 nitrogen and oxygen atoms in total. The Morgan fingerprint density at radius 3 is 2.69 bits per heavy atom. The third-order valence-corrected chi connectivity index (χ3v) is 6.01. The molecule has 1 amide bonds. The standard InChI is InChI=1S/C21H15BrN2OS/c1-2-13-24-18-12-11-14-7-3-4-8-15(14)19(18)26-21(24)23-20(25)16-9-5-6-10-17(16)22/h2-12H,1,13H2. The molecule has 0 aliphatic rings. The van der Waals surface area contributed by atoms with Crippen LogP contribution in [0.15, 0.2) is 82.8 Å². The van der Waals surface area contributed by atoms with E-state index < -0.39 is 0 Å². The molecule has 0 spiro atoms. The van der Waals surface area contributed by atoms with Gasteiger partial charge in [-0.3, -0.25) is 4.79 Å². The van der Waals surface area contributed by atoms with Gasteiger partial charge in [-0.25, -0.2) is 0 Å². The van der Waals surface area contributed by atoms with Gasteiger partial charge in [-0.05, 0) is 39.5 Å². The number of benzene rings is 3. The smallest absolute Gasteiger partial charge is 0.280 e. The van der Waals surface area contributed by atoms with Gasteiger partial charge in [0.1, 0.15) is 0 Å². The van der Waals surface area contributed by atoms with Crippen molar-refractivity contribution in [1.29, 1.82) is 0 Å². The number of rotatable bonds is 3. The molecule has 4 aromatic rings. The molecule has 0 saturated heterocycles. The van der Waals surface area contributed by atoms with Crippen molar-refractivity contribution in [2.24, 2.45) is 4.99 Å². The van der Waals surface area contributed by atoms with E-state index in [2.05, 4.69) is 51.8 Å². The number of carbonyl (C=O) groups is 1. The number of allylic oxidation sites excluding steroid dienone is 1. The van der Waals surface area contributed by atoms with Gasteiger partial charge in [-0.1, -0.05) is 59.9 Å². The highest BCUT2D eigenvalue weighted by Crippen LogP contribution is 2.27. The third kappa shape index (κ3) is 2.93. The van der Waals surface area contributed by atoms with Crippen molar-refractivity contribution in [3.8, 4) is 0 Å². The van der Waals surface area contributed by atoms with Crippen molar-refractivity contribution in [2.45, 2.75) is 6.54 Å². The second kappa shape index (κ2) is 7.02. The zero-order valence-corrected chi connectivity index (χ0v) is 16.3. The zero-order chi connectivity index (χ0) is 18.1. The van der Waals surface area contributed by atoms with Crippen LogP contribution in [0, 0.1) is 0 Å². The quantitative estimate of drug-likeness (QED) is 0.398. The Balaban J connectivity index is 1.98. The van der Waals surface area contributed by atoms with Gasteiger partial charge in [0.05, 0.1) is 15.8 Å². The van der Waals surface area contributed by atoms with Crippen molar-refractivity contribution in [1.82, 2.24) is 4.57 Å². The maximum absolute atomic E-state index is 12.7. The van der Waals surface area contributed by atoms with E-state index in [1.807, 2.05) is 41.0 Å². The molecule has 0 unspecified atom stereocenters. The van der Waals surface area contributed by atoms with Crippen molar-refractivity contribution in [3.05, 3.63) is 88.2 Å². The van der Waals surface area contributed by atoms with Crippen LogP contribution in [-0.4, -0.2) is 10.5 Å². The summed E-state index contributed by atoms with van der Waals surface area (Å²) in [7, 11) is 0. The van der Waals surface area contributed by atoms with E-state index in [-0.39, 0.29) is 5.91 Å². The molecule has 0 N–H and O–H groups in total. The predicted octanol–water partition coefficient (Wildman–Crippen LogP) is 5.55. The molecular formula is C21H15BrN2OS. The van der Waals surface area contributed by atoms with Crippen LogP contribution in [0.3, 0.4) is 0 Å². The monoisotopic (exact) mass is 422 g/mol. The zero-order valence-electron chi connectivity index (χ0n) is 13.9. The van der Waals surface area contributed by atoms with Gasteiger partial charge in [0.2, 0.25) is 0 Å². The van der Waals surface area contributed by atoms with E-state index in [1.165, 1.54) is 22.1 Å². The highest BCUT2D eigenvalue weighted by atomic mass is 79.9. The lowest BCUT2D eigenvalue weighted by atomic mass is 10.1. The third-order valence-electron chi connectivity index (χ3n) is 4.19. The van der Waals surface area contributed by atoms with E-state index >= 15 is 0 Å². The minimum Gasteiger partial charge on any atom is -0.312 e. The number of amides is 1. The summed E-state index contributed by atoms with van der Waals surface area (Å²) in [6.07, 6.45) is 1.82. The minimum absolute atomic E-state index is 0.258. The first kappa shape index (κ1) is 16.9. The fraction of sp³-hybridized carbons (Fsp3) is 0.0476. The lowest BCUT2D eigenvalue weighted by Crippen LogP contribution is -2.16. The summed E-state index contributed by atoms with van der Waals surface area (Å²) in [4.78, 5) is 17.8. The molecule has 0 saturated carbocycles. The van der Waals surface area contributed by atoms with Gasteiger partial charge in [0, 0.05) is 16.4 Å². The molecule has 0 radical (unpaired) electrons. The molecule has 0 bridgehead atoms. The van der Waals surface area contributed by atoms with Gasteiger partial charge >= 0.3 is 0 Å². The van der Waals surface area contributed by atoms with Gasteiger partial charge in [-0.15, -0.1) is 6.58 Å². The van der Waals surface area contributed by atoms with Crippen LogP contribution in [0.2, 0.25) is 0 Å². The second-order valence-corrected chi connectivity index (χ2v) is 7.65. The molecule has 128 valence electrons. The van der Waals surface area contributed by atoms with Gasteiger partial charge in [0.25, 0.3) is 5.91 Å². The predicted molar refractivity (Wildman–Crippen MR) is 112 cm³/mol. The van der Waals surface area contributed by atoms with Crippen molar-refractivity contribution < 1.29 is 4.79 Å². The molecule has 26 heavy (non-hydrogen) atoms. The normalized spacial score (nSPS) is 12.0. The fourth-order valence-corrected chi connectivity index (χ4v) is 4.60. The van der Waals surface area contributed by atoms with E-state index in [9.17, 15) is 4.79 Å². The number of hydrogen-bond acceptors (Lipinski definition) is 2. The molecule has 0 aliphatic carbocycles. The maximum atomic E-state index is 12.7. The van der Waals surface area contributed by atoms with Crippen LogP contribution in [0.4, 0.5) is 0 Å². The fourth-order valence-electron chi connectivity index (χ4n) is 2.97. The molecule has 0 aliphatic heterocycles. The molecule has 1 aromatic heterocycles. The van der Waals surface area contributed by atoms with Crippen molar-refractivity contribution in [3.63, 3.8) is 0 Å². The van der Waals surface area contributed by atoms with Gasteiger partial charge in [-0.2, -0.15) is 4.99 Å². The molecule has 0 fully saturated rings. The van der Waals surface area contributed by atoms with Crippen LogP contribution in [0.1, 0.15) is 10.4 Å². The molecule has 0 atom stereocenters. The Morgan fingerprint density at radius 2 is 1.88 bits per heavy atom. The summed E-state index contributed by atoms with van der Waals surface area (Å²) < 4.78 is 3.91. The number of thiazole rings is 1. The Labute approximate surface area is 163 Å². The molecular weight excluding hydrogens is 408 g/mol. The highest BCUT2D eigenvalue weighted by molar-refractivity contribution is 9.10. The SMILES string of the molecule is C=CCn1c(=NC(=O)c2ccccc2Br)sc2c3ccccc3ccc21. The molecule has 5 heteroatoms. The Kier molecular flexibility index (Phi) is 4.57.